The van der Waals surface area contributed by atoms with Gasteiger partial charge in [-0.15, -0.1) is 11.6 Å². The predicted molar refractivity (Wildman–Crippen MR) is 51.1 cm³/mol. The van der Waals surface area contributed by atoms with Gasteiger partial charge in [0.1, 0.15) is 0 Å². The molecule has 1 saturated heterocycles. The van der Waals surface area contributed by atoms with Crippen molar-refractivity contribution in [1.29, 1.82) is 0 Å². The Morgan fingerprint density at radius 1 is 1.46 bits per heavy atom. The number of hydrogen-bond donors (Lipinski definition) is 2. The highest BCUT2D eigenvalue weighted by atomic mass is 35.5. The molecule has 0 radical (unpaired) electrons. The van der Waals surface area contributed by atoms with Gasteiger partial charge >= 0.3 is 6.03 Å². The topological polar surface area (TPSA) is 50.4 Å². The molecule has 0 unspecified atom stereocenters. The average Bonchev–Trinajstić information content (AvgIpc) is 2.16. The fourth-order valence-electron chi connectivity index (χ4n) is 1.24. The predicted octanol–water partition coefficient (Wildman–Crippen LogP) is 0.703. The molecular weight excluding hydrogens is 192 g/mol. The van der Waals surface area contributed by atoms with Crippen LogP contribution in [0.4, 0.5) is 4.79 Å². The van der Waals surface area contributed by atoms with Gasteiger partial charge in [0, 0.05) is 31.7 Å². The molecule has 0 aromatic carbocycles. The summed E-state index contributed by atoms with van der Waals surface area (Å²) in [6.07, 6.45) is 1.79. The lowest BCUT2D eigenvalue weighted by atomic mass is 10.1. The molecule has 2 amide bonds. The van der Waals surface area contributed by atoms with Crippen LogP contribution in [0.3, 0.4) is 0 Å². The lowest BCUT2D eigenvalue weighted by molar-refractivity contribution is 0.0801. The number of amides is 2. The van der Waals surface area contributed by atoms with Gasteiger partial charge in [0.2, 0.25) is 0 Å². The van der Waals surface area contributed by atoms with Crippen molar-refractivity contribution in [3.05, 3.63) is 0 Å². The van der Waals surface area contributed by atoms with Gasteiger partial charge in [-0.1, -0.05) is 0 Å². The monoisotopic (exact) mass is 206 g/mol. The van der Waals surface area contributed by atoms with E-state index in [0.717, 1.165) is 26.1 Å². The number of carbonyl (C=O) groups is 1. The van der Waals surface area contributed by atoms with E-state index in [2.05, 4.69) is 10.6 Å². The third kappa shape index (κ3) is 4.33. The van der Waals surface area contributed by atoms with E-state index in [1.54, 1.807) is 0 Å². The molecule has 0 bridgehead atoms. The third-order valence-corrected chi connectivity index (χ3v) is 2.13. The summed E-state index contributed by atoms with van der Waals surface area (Å²) in [5.74, 6) is 0.446. The number of carbonyl (C=O) groups excluding carboxylic acids is 1. The molecule has 4 nitrogen and oxygen atoms in total. The first-order valence-electron chi connectivity index (χ1n) is 4.51. The van der Waals surface area contributed by atoms with Crippen molar-refractivity contribution < 1.29 is 9.53 Å². The molecule has 2 N–H and O–H groups in total. The molecule has 76 valence electrons. The number of ether oxygens (including phenoxy) is 1. The molecule has 13 heavy (non-hydrogen) atoms. The first-order chi connectivity index (χ1) is 6.33. The van der Waals surface area contributed by atoms with Gasteiger partial charge in [0.05, 0.1) is 0 Å². The Morgan fingerprint density at radius 3 is 2.77 bits per heavy atom. The first-order valence-corrected chi connectivity index (χ1v) is 5.04. The average molecular weight is 207 g/mol. The Kier molecular flexibility index (Phi) is 4.93. The second-order valence-electron chi connectivity index (χ2n) is 2.98. The normalized spacial score (nSPS) is 18.2. The molecule has 1 rings (SSSR count). The summed E-state index contributed by atoms with van der Waals surface area (Å²) < 4.78 is 5.17. The number of hydrogen-bond acceptors (Lipinski definition) is 2. The van der Waals surface area contributed by atoms with Crippen LogP contribution in [-0.4, -0.2) is 37.7 Å². The number of nitrogens with one attached hydrogen (secondary N) is 2. The SMILES string of the molecule is O=C(NCCCl)NC1CCOCC1. The van der Waals surface area contributed by atoms with Crippen molar-refractivity contribution >= 4 is 17.6 Å². The van der Waals surface area contributed by atoms with Gasteiger partial charge < -0.3 is 15.4 Å². The maximum Gasteiger partial charge on any atom is 0.315 e. The van der Waals surface area contributed by atoms with Crippen LogP contribution in [0.2, 0.25) is 0 Å². The number of halogens is 1. The minimum atomic E-state index is -0.132. The zero-order valence-corrected chi connectivity index (χ0v) is 8.27. The van der Waals surface area contributed by atoms with Crippen molar-refractivity contribution in [2.24, 2.45) is 0 Å². The minimum Gasteiger partial charge on any atom is -0.381 e. The largest absolute Gasteiger partial charge is 0.381 e. The molecular formula is C8H15ClN2O2. The van der Waals surface area contributed by atoms with Crippen molar-refractivity contribution in [3.63, 3.8) is 0 Å². The molecule has 1 aliphatic heterocycles. The Labute approximate surface area is 83.0 Å². The van der Waals surface area contributed by atoms with Crippen LogP contribution >= 0.6 is 11.6 Å². The second kappa shape index (κ2) is 6.05. The van der Waals surface area contributed by atoms with Crippen LogP contribution in [0.1, 0.15) is 12.8 Å². The zero-order valence-electron chi connectivity index (χ0n) is 7.51. The van der Waals surface area contributed by atoms with Crippen molar-refractivity contribution in [2.75, 3.05) is 25.6 Å². The van der Waals surface area contributed by atoms with E-state index in [0.29, 0.717) is 12.4 Å². The summed E-state index contributed by atoms with van der Waals surface area (Å²) in [5.41, 5.74) is 0. The lowest BCUT2D eigenvalue weighted by Gasteiger charge is -2.23. The highest BCUT2D eigenvalue weighted by Crippen LogP contribution is 2.05. The highest BCUT2D eigenvalue weighted by molar-refractivity contribution is 6.18. The molecule has 0 atom stereocenters. The fourth-order valence-corrected chi connectivity index (χ4v) is 1.33. The number of urea groups is 1. The third-order valence-electron chi connectivity index (χ3n) is 1.94. The van der Waals surface area contributed by atoms with E-state index < -0.39 is 0 Å². The highest BCUT2D eigenvalue weighted by Gasteiger charge is 2.15. The van der Waals surface area contributed by atoms with E-state index in [9.17, 15) is 4.79 Å². The molecule has 0 spiro atoms. The first kappa shape index (κ1) is 10.6. The Morgan fingerprint density at radius 2 is 2.15 bits per heavy atom. The minimum absolute atomic E-state index is 0.132. The lowest BCUT2D eigenvalue weighted by Crippen LogP contribution is -2.44. The molecule has 1 fully saturated rings. The molecule has 0 aromatic heterocycles. The molecule has 1 aliphatic rings. The van der Waals surface area contributed by atoms with Gasteiger partial charge in [0.15, 0.2) is 0 Å². The van der Waals surface area contributed by atoms with Gasteiger partial charge in [-0.25, -0.2) is 4.79 Å². The van der Waals surface area contributed by atoms with Crippen molar-refractivity contribution in [3.8, 4) is 0 Å². The van der Waals surface area contributed by atoms with E-state index in [1.165, 1.54) is 0 Å². The molecule has 0 aromatic rings. The smallest absolute Gasteiger partial charge is 0.315 e. The van der Waals surface area contributed by atoms with E-state index in [1.807, 2.05) is 0 Å². The van der Waals surface area contributed by atoms with Crippen LogP contribution < -0.4 is 10.6 Å². The standard InChI is InChI=1S/C8H15ClN2O2/c9-3-4-10-8(12)11-7-1-5-13-6-2-7/h7H,1-6H2,(H2,10,11,12). The van der Waals surface area contributed by atoms with E-state index in [-0.39, 0.29) is 12.1 Å². The quantitative estimate of drug-likeness (QED) is 0.668. The summed E-state index contributed by atoms with van der Waals surface area (Å²) in [6.45, 7) is 1.98. The van der Waals surface area contributed by atoms with Crippen LogP contribution in [0.25, 0.3) is 0 Å². The fraction of sp³-hybridized carbons (Fsp3) is 0.875. The van der Waals surface area contributed by atoms with E-state index >= 15 is 0 Å². The van der Waals surface area contributed by atoms with Crippen LogP contribution in [0, 0.1) is 0 Å². The summed E-state index contributed by atoms with van der Waals surface area (Å²) >= 11 is 5.43. The van der Waals surface area contributed by atoms with Crippen LogP contribution in [0.15, 0.2) is 0 Å². The summed E-state index contributed by atoms with van der Waals surface area (Å²) in [6, 6.07) is 0.122. The molecule has 5 heteroatoms. The zero-order chi connectivity index (χ0) is 9.52. The Hall–Kier alpha value is -0.480. The second-order valence-corrected chi connectivity index (χ2v) is 3.35. The molecule has 0 aliphatic carbocycles. The maximum absolute atomic E-state index is 11.1. The Balaban J connectivity index is 2.11. The van der Waals surface area contributed by atoms with Crippen LogP contribution in [0.5, 0.6) is 0 Å². The van der Waals surface area contributed by atoms with Gasteiger partial charge in [-0.3, -0.25) is 0 Å². The van der Waals surface area contributed by atoms with Gasteiger partial charge in [0.25, 0.3) is 0 Å². The van der Waals surface area contributed by atoms with Gasteiger partial charge in [-0.05, 0) is 12.8 Å². The van der Waals surface area contributed by atoms with E-state index in [4.69, 9.17) is 16.3 Å². The van der Waals surface area contributed by atoms with Gasteiger partial charge in [-0.2, -0.15) is 0 Å². The summed E-state index contributed by atoms with van der Waals surface area (Å²) in [7, 11) is 0. The summed E-state index contributed by atoms with van der Waals surface area (Å²) in [4.78, 5) is 11.1. The molecule has 1 heterocycles. The van der Waals surface area contributed by atoms with Crippen molar-refractivity contribution in [2.45, 2.75) is 18.9 Å². The number of rotatable bonds is 3. The summed E-state index contributed by atoms with van der Waals surface area (Å²) in [5, 5.41) is 5.52. The van der Waals surface area contributed by atoms with Crippen LogP contribution in [-0.2, 0) is 4.74 Å². The maximum atomic E-state index is 11.1. The van der Waals surface area contributed by atoms with Crippen molar-refractivity contribution in [1.82, 2.24) is 10.6 Å². The molecule has 0 saturated carbocycles. The number of alkyl halides is 1. The Bertz CT molecular complexity index is 160.